The lowest BCUT2D eigenvalue weighted by atomic mass is 10.2. The summed E-state index contributed by atoms with van der Waals surface area (Å²) in [6.07, 6.45) is 0. The number of ether oxygens (including phenoxy) is 3. The van der Waals surface area contributed by atoms with E-state index >= 15 is 0 Å². The van der Waals surface area contributed by atoms with E-state index in [2.05, 4.69) is 0 Å². The third kappa shape index (κ3) is 8.01. The molecule has 0 aliphatic carbocycles. The van der Waals surface area contributed by atoms with E-state index in [9.17, 15) is 4.79 Å². The number of esters is 1. The van der Waals surface area contributed by atoms with Crippen molar-refractivity contribution in [2.75, 3.05) is 33.0 Å². The number of hydrogen-bond acceptors (Lipinski definition) is 4. The maximum absolute atomic E-state index is 10.6. The van der Waals surface area contributed by atoms with Crippen molar-refractivity contribution in [2.45, 2.75) is 20.8 Å². The Bertz CT molecular complexity index is 139. The molecule has 0 saturated heterocycles. The van der Waals surface area contributed by atoms with E-state index in [-0.39, 0.29) is 11.9 Å². The summed E-state index contributed by atoms with van der Waals surface area (Å²) in [5.74, 6) is -0.123. The first-order valence-electron chi connectivity index (χ1n) is 4.99. The van der Waals surface area contributed by atoms with Crippen LogP contribution in [0.1, 0.15) is 20.8 Å². The molecule has 0 N–H and O–H groups in total. The Balaban J connectivity index is 3.65. The summed E-state index contributed by atoms with van der Waals surface area (Å²) in [7, 11) is 0. The average Bonchev–Trinajstić information content (AvgIpc) is 2.16. The van der Waals surface area contributed by atoms with Crippen molar-refractivity contribution in [3.8, 4) is 0 Å². The van der Waals surface area contributed by atoms with E-state index in [1.165, 1.54) is 6.92 Å². The Hall–Kier alpha value is -0.610. The Labute approximate surface area is 85.5 Å². The van der Waals surface area contributed by atoms with E-state index in [0.29, 0.717) is 33.0 Å². The van der Waals surface area contributed by atoms with Gasteiger partial charge in [-0.15, -0.1) is 0 Å². The van der Waals surface area contributed by atoms with Crippen LogP contribution in [0.25, 0.3) is 0 Å². The van der Waals surface area contributed by atoms with Gasteiger partial charge in [0.2, 0.25) is 0 Å². The van der Waals surface area contributed by atoms with Crippen LogP contribution in [0.2, 0.25) is 0 Å². The van der Waals surface area contributed by atoms with Crippen LogP contribution in [0.3, 0.4) is 0 Å². The van der Waals surface area contributed by atoms with Gasteiger partial charge in [0.05, 0.1) is 19.8 Å². The van der Waals surface area contributed by atoms with Crippen molar-refractivity contribution in [1.29, 1.82) is 0 Å². The molecule has 0 amide bonds. The highest BCUT2D eigenvalue weighted by Crippen LogP contribution is 2.00. The molecule has 0 aromatic rings. The molecule has 0 fully saturated rings. The van der Waals surface area contributed by atoms with Gasteiger partial charge < -0.3 is 14.2 Å². The SMILES string of the molecule is CCOCC(COCC)COC(C)=O. The molecule has 14 heavy (non-hydrogen) atoms. The van der Waals surface area contributed by atoms with Crippen LogP contribution in [0.15, 0.2) is 0 Å². The van der Waals surface area contributed by atoms with Gasteiger partial charge in [-0.05, 0) is 13.8 Å². The first kappa shape index (κ1) is 13.4. The molecule has 0 bridgehead atoms. The zero-order chi connectivity index (χ0) is 10.8. The standard InChI is InChI=1S/C10H20O4/c1-4-12-6-10(7-13-5-2)8-14-9(3)11/h10H,4-8H2,1-3H3. The molecule has 84 valence electrons. The van der Waals surface area contributed by atoms with Crippen molar-refractivity contribution in [1.82, 2.24) is 0 Å². The summed E-state index contributed by atoms with van der Waals surface area (Å²) in [5, 5.41) is 0. The molecule has 4 heteroatoms. The monoisotopic (exact) mass is 204 g/mol. The number of carbonyl (C=O) groups is 1. The van der Waals surface area contributed by atoms with Gasteiger partial charge in [0.1, 0.15) is 0 Å². The molecular weight excluding hydrogens is 184 g/mol. The molecule has 0 aliphatic rings. The first-order chi connectivity index (χ1) is 6.70. The summed E-state index contributed by atoms with van der Waals surface area (Å²) in [6.45, 7) is 8.12. The fourth-order valence-electron chi connectivity index (χ4n) is 0.949. The fraction of sp³-hybridized carbons (Fsp3) is 0.900. The second-order valence-electron chi connectivity index (χ2n) is 2.99. The molecule has 0 saturated carbocycles. The van der Waals surface area contributed by atoms with E-state index in [1.807, 2.05) is 13.8 Å². The summed E-state index contributed by atoms with van der Waals surface area (Å²) in [6, 6.07) is 0. The van der Waals surface area contributed by atoms with Crippen LogP contribution in [-0.4, -0.2) is 39.0 Å². The van der Waals surface area contributed by atoms with Gasteiger partial charge >= 0.3 is 5.97 Å². The minimum atomic E-state index is -0.261. The van der Waals surface area contributed by atoms with Gasteiger partial charge in [-0.25, -0.2) is 0 Å². The lowest BCUT2D eigenvalue weighted by Gasteiger charge is -2.15. The summed E-state index contributed by atoms with van der Waals surface area (Å²) >= 11 is 0. The highest BCUT2D eigenvalue weighted by Gasteiger charge is 2.10. The smallest absolute Gasteiger partial charge is 0.302 e. The van der Waals surface area contributed by atoms with Crippen LogP contribution in [0.5, 0.6) is 0 Å². The number of hydrogen-bond donors (Lipinski definition) is 0. The van der Waals surface area contributed by atoms with Gasteiger partial charge in [0.25, 0.3) is 0 Å². The lowest BCUT2D eigenvalue weighted by molar-refractivity contribution is -0.143. The van der Waals surface area contributed by atoms with Gasteiger partial charge in [0.15, 0.2) is 0 Å². The van der Waals surface area contributed by atoms with Crippen molar-refractivity contribution in [3.05, 3.63) is 0 Å². The second-order valence-corrected chi connectivity index (χ2v) is 2.99. The molecule has 0 aliphatic heterocycles. The molecule has 0 atom stereocenters. The van der Waals surface area contributed by atoms with Crippen molar-refractivity contribution in [2.24, 2.45) is 5.92 Å². The zero-order valence-corrected chi connectivity index (χ0v) is 9.25. The lowest BCUT2D eigenvalue weighted by Crippen LogP contribution is -2.23. The highest BCUT2D eigenvalue weighted by atomic mass is 16.5. The topological polar surface area (TPSA) is 44.8 Å². The molecule has 0 radical (unpaired) electrons. The van der Waals surface area contributed by atoms with E-state index in [1.54, 1.807) is 0 Å². The zero-order valence-electron chi connectivity index (χ0n) is 9.25. The highest BCUT2D eigenvalue weighted by molar-refractivity contribution is 5.65. The Morgan fingerprint density at radius 3 is 1.93 bits per heavy atom. The van der Waals surface area contributed by atoms with E-state index in [0.717, 1.165) is 0 Å². The largest absolute Gasteiger partial charge is 0.465 e. The predicted molar refractivity (Wildman–Crippen MR) is 53.1 cm³/mol. The molecule has 0 aromatic heterocycles. The molecule has 0 rings (SSSR count). The summed E-state index contributed by atoms with van der Waals surface area (Å²) in [4.78, 5) is 10.6. The molecule has 4 nitrogen and oxygen atoms in total. The fourth-order valence-corrected chi connectivity index (χ4v) is 0.949. The van der Waals surface area contributed by atoms with Crippen LogP contribution in [0.4, 0.5) is 0 Å². The van der Waals surface area contributed by atoms with E-state index in [4.69, 9.17) is 14.2 Å². The number of carbonyl (C=O) groups excluding carboxylic acids is 1. The Morgan fingerprint density at radius 2 is 1.57 bits per heavy atom. The van der Waals surface area contributed by atoms with Crippen molar-refractivity contribution in [3.63, 3.8) is 0 Å². The summed E-state index contributed by atoms with van der Waals surface area (Å²) in [5.41, 5.74) is 0. The maximum Gasteiger partial charge on any atom is 0.302 e. The second kappa shape index (κ2) is 8.97. The van der Waals surface area contributed by atoms with E-state index < -0.39 is 0 Å². The van der Waals surface area contributed by atoms with Crippen molar-refractivity contribution < 1.29 is 19.0 Å². The van der Waals surface area contributed by atoms with Crippen molar-refractivity contribution >= 4 is 5.97 Å². The van der Waals surface area contributed by atoms with Gasteiger partial charge in [0, 0.05) is 26.1 Å². The third-order valence-corrected chi connectivity index (χ3v) is 1.64. The molecular formula is C10H20O4. The minimum absolute atomic E-state index is 0.138. The maximum atomic E-state index is 10.6. The average molecular weight is 204 g/mol. The van der Waals surface area contributed by atoms with Gasteiger partial charge in [-0.1, -0.05) is 0 Å². The molecule has 0 unspecified atom stereocenters. The molecule has 0 spiro atoms. The predicted octanol–water partition coefficient (Wildman–Crippen LogP) is 1.24. The van der Waals surface area contributed by atoms with Crippen LogP contribution < -0.4 is 0 Å². The quantitative estimate of drug-likeness (QED) is 0.558. The van der Waals surface area contributed by atoms with Crippen LogP contribution in [-0.2, 0) is 19.0 Å². The Kier molecular flexibility index (Phi) is 8.57. The van der Waals surface area contributed by atoms with Crippen LogP contribution >= 0.6 is 0 Å². The molecule has 0 aromatic carbocycles. The minimum Gasteiger partial charge on any atom is -0.465 e. The Morgan fingerprint density at radius 1 is 1.07 bits per heavy atom. The first-order valence-corrected chi connectivity index (χ1v) is 4.99. The van der Waals surface area contributed by atoms with Gasteiger partial charge in [-0.2, -0.15) is 0 Å². The van der Waals surface area contributed by atoms with Gasteiger partial charge in [-0.3, -0.25) is 4.79 Å². The molecule has 0 heterocycles. The van der Waals surface area contributed by atoms with Crippen LogP contribution in [0, 0.1) is 5.92 Å². The summed E-state index contributed by atoms with van der Waals surface area (Å²) < 4.78 is 15.4. The third-order valence-electron chi connectivity index (χ3n) is 1.64. The number of rotatable bonds is 8. The normalized spacial score (nSPS) is 10.6.